The van der Waals surface area contributed by atoms with Crippen molar-refractivity contribution in [1.82, 2.24) is 15.1 Å². The Morgan fingerprint density at radius 2 is 2.24 bits per heavy atom. The van der Waals surface area contributed by atoms with Crippen LogP contribution in [0.5, 0.6) is 0 Å². The molecule has 17 heavy (non-hydrogen) atoms. The molecule has 0 aliphatic rings. The minimum Gasteiger partial charge on any atom is -0.384 e. The molecule has 98 valence electrons. The fraction of sp³-hybridized carbons (Fsp3) is 0.750. The molecule has 0 saturated heterocycles. The van der Waals surface area contributed by atoms with E-state index < -0.39 is 5.60 Å². The second-order valence-corrected chi connectivity index (χ2v) is 5.16. The van der Waals surface area contributed by atoms with Gasteiger partial charge in [-0.15, -0.1) is 0 Å². The van der Waals surface area contributed by atoms with Crippen LogP contribution in [-0.2, 0) is 5.60 Å². The lowest BCUT2D eigenvalue weighted by molar-refractivity contribution is 0.0377. The van der Waals surface area contributed by atoms with Crippen LogP contribution in [0.2, 0.25) is 5.02 Å². The van der Waals surface area contributed by atoms with Gasteiger partial charge in [-0.3, -0.25) is 4.68 Å². The standard InChI is InChI=1S/C12H22ClN3O/c1-5-14-7-6-12(4,17)11-10(13)8-15-16(11)9(2)3/h8-9,14,17H,5-7H2,1-4H3. The van der Waals surface area contributed by atoms with E-state index in [0.717, 1.165) is 13.1 Å². The maximum absolute atomic E-state index is 10.5. The Hall–Kier alpha value is -0.580. The maximum atomic E-state index is 10.5. The van der Waals surface area contributed by atoms with Gasteiger partial charge in [0.15, 0.2) is 0 Å². The lowest BCUT2D eigenvalue weighted by atomic mass is 9.97. The summed E-state index contributed by atoms with van der Waals surface area (Å²) in [6, 6.07) is 0.183. The van der Waals surface area contributed by atoms with Crippen molar-refractivity contribution >= 4 is 11.6 Å². The second-order valence-electron chi connectivity index (χ2n) is 4.76. The van der Waals surface area contributed by atoms with Gasteiger partial charge in [0.25, 0.3) is 0 Å². The molecule has 4 nitrogen and oxygen atoms in total. The van der Waals surface area contributed by atoms with Gasteiger partial charge in [0.1, 0.15) is 5.60 Å². The lowest BCUT2D eigenvalue weighted by Crippen LogP contribution is -2.31. The zero-order valence-electron chi connectivity index (χ0n) is 11.0. The number of hydrogen-bond acceptors (Lipinski definition) is 3. The molecule has 0 aliphatic carbocycles. The molecule has 5 heteroatoms. The van der Waals surface area contributed by atoms with Gasteiger partial charge in [-0.1, -0.05) is 18.5 Å². The van der Waals surface area contributed by atoms with E-state index in [1.807, 2.05) is 20.8 Å². The zero-order valence-corrected chi connectivity index (χ0v) is 11.8. The predicted molar refractivity (Wildman–Crippen MR) is 70.4 cm³/mol. The molecule has 2 N–H and O–H groups in total. The molecule has 0 saturated carbocycles. The fourth-order valence-corrected chi connectivity index (χ4v) is 2.20. The number of nitrogens with zero attached hydrogens (tertiary/aromatic N) is 2. The molecule has 0 fully saturated rings. The van der Waals surface area contributed by atoms with Crippen molar-refractivity contribution in [3.63, 3.8) is 0 Å². The highest BCUT2D eigenvalue weighted by Gasteiger charge is 2.30. The highest BCUT2D eigenvalue weighted by Crippen LogP contribution is 2.32. The third-order valence-electron chi connectivity index (χ3n) is 2.79. The molecule has 1 aromatic rings. The minimum absolute atomic E-state index is 0.183. The molecular formula is C12H22ClN3O. The summed E-state index contributed by atoms with van der Waals surface area (Å²) in [5.74, 6) is 0. The Bertz CT molecular complexity index is 361. The normalized spacial score (nSPS) is 15.2. The van der Waals surface area contributed by atoms with Gasteiger partial charge >= 0.3 is 0 Å². The van der Waals surface area contributed by atoms with E-state index in [9.17, 15) is 5.11 Å². The van der Waals surface area contributed by atoms with Gasteiger partial charge in [0.2, 0.25) is 0 Å². The van der Waals surface area contributed by atoms with E-state index in [4.69, 9.17) is 11.6 Å². The summed E-state index contributed by atoms with van der Waals surface area (Å²) in [4.78, 5) is 0. The predicted octanol–water partition coefficient (Wildman–Crippen LogP) is 2.32. The first kappa shape index (κ1) is 14.5. The molecule has 0 spiro atoms. The third kappa shape index (κ3) is 3.44. The Labute approximate surface area is 108 Å². The molecule has 1 atom stereocenters. The average Bonchev–Trinajstić information content (AvgIpc) is 2.61. The SMILES string of the molecule is CCNCCC(C)(O)c1c(Cl)cnn1C(C)C. The third-order valence-corrected chi connectivity index (χ3v) is 3.07. The van der Waals surface area contributed by atoms with E-state index in [2.05, 4.69) is 10.4 Å². The monoisotopic (exact) mass is 259 g/mol. The van der Waals surface area contributed by atoms with Crippen LogP contribution in [0.15, 0.2) is 6.20 Å². The lowest BCUT2D eigenvalue weighted by Gasteiger charge is -2.26. The first-order chi connectivity index (χ1) is 7.90. The van der Waals surface area contributed by atoms with Crippen LogP contribution in [-0.4, -0.2) is 28.0 Å². The number of rotatable bonds is 6. The van der Waals surface area contributed by atoms with Crippen LogP contribution in [0, 0.1) is 0 Å². The summed E-state index contributed by atoms with van der Waals surface area (Å²) in [5.41, 5.74) is -0.257. The highest BCUT2D eigenvalue weighted by atomic mass is 35.5. The Morgan fingerprint density at radius 1 is 1.59 bits per heavy atom. The second kappa shape index (κ2) is 5.85. The number of halogens is 1. The molecule has 0 bridgehead atoms. The van der Waals surface area contributed by atoms with Crippen LogP contribution >= 0.6 is 11.6 Å². The maximum Gasteiger partial charge on any atom is 0.106 e. The first-order valence-corrected chi connectivity index (χ1v) is 6.44. The summed E-state index contributed by atoms with van der Waals surface area (Å²) in [6.07, 6.45) is 2.21. The van der Waals surface area contributed by atoms with E-state index in [1.165, 1.54) is 0 Å². The Kier molecular flexibility index (Phi) is 4.98. The van der Waals surface area contributed by atoms with Crippen molar-refractivity contribution in [1.29, 1.82) is 0 Å². The van der Waals surface area contributed by atoms with Gasteiger partial charge in [0.05, 0.1) is 16.9 Å². The molecule has 0 aliphatic heterocycles. The first-order valence-electron chi connectivity index (χ1n) is 6.06. The summed E-state index contributed by atoms with van der Waals surface area (Å²) in [5, 5.41) is 18.5. The van der Waals surface area contributed by atoms with Crippen molar-refractivity contribution in [2.24, 2.45) is 0 Å². The highest BCUT2D eigenvalue weighted by molar-refractivity contribution is 6.31. The average molecular weight is 260 g/mol. The van der Waals surface area contributed by atoms with E-state index in [1.54, 1.807) is 17.8 Å². The van der Waals surface area contributed by atoms with Crippen molar-refractivity contribution < 1.29 is 5.11 Å². The van der Waals surface area contributed by atoms with Crippen molar-refractivity contribution in [3.8, 4) is 0 Å². The van der Waals surface area contributed by atoms with Crippen LogP contribution in [0.4, 0.5) is 0 Å². The molecule has 1 aromatic heterocycles. The van der Waals surface area contributed by atoms with Crippen LogP contribution in [0.25, 0.3) is 0 Å². The Balaban J connectivity index is 2.92. The Morgan fingerprint density at radius 3 is 2.76 bits per heavy atom. The summed E-state index contributed by atoms with van der Waals surface area (Å²) >= 11 is 6.12. The van der Waals surface area contributed by atoms with E-state index >= 15 is 0 Å². The molecule has 1 rings (SSSR count). The van der Waals surface area contributed by atoms with Gasteiger partial charge in [-0.2, -0.15) is 5.10 Å². The minimum atomic E-state index is -0.958. The summed E-state index contributed by atoms with van der Waals surface area (Å²) < 4.78 is 1.79. The largest absolute Gasteiger partial charge is 0.384 e. The molecule has 1 unspecified atom stereocenters. The summed E-state index contributed by atoms with van der Waals surface area (Å²) in [7, 11) is 0. The molecule has 1 heterocycles. The van der Waals surface area contributed by atoms with E-state index in [0.29, 0.717) is 17.1 Å². The topological polar surface area (TPSA) is 50.1 Å². The van der Waals surface area contributed by atoms with Crippen LogP contribution in [0.3, 0.4) is 0 Å². The number of aliphatic hydroxyl groups is 1. The fourth-order valence-electron chi connectivity index (χ4n) is 1.86. The van der Waals surface area contributed by atoms with Gasteiger partial charge in [0, 0.05) is 6.04 Å². The van der Waals surface area contributed by atoms with E-state index in [-0.39, 0.29) is 6.04 Å². The molecule has 0 aromatic carbocycles. The van der Waals surface area contributed by atoms with Crippen molar-refractivity contribution in [3.05, 3.63) is 16.9 Å². The van der Waals surface area contributed by atoms with Gasteiger partial charge < -0.3 is 10.4 Å². The van der Waals surface area contributed by atoms with Gasteiger partial charge in [-0.05, 0) is 40.3 Å². The number of aromatic nitrogens is 2. The van der Waals surface area contributed by atoms with Crippen molar-refractivity contribution in [2.75, 3.05) is 13.1 Å². The molecular weight excluding hydrogens is 238 g/mol. The molecule has 0 amide bonds. The smallest absolute Gasteiger partial charge is 0.106 e. The number of nitrogens with one attached hydrogen (secondary N) is 1. The molecule has 0 radical (unpaired) electrons. The quantitative estimate of drug-likeness (QED) is 0.771. The van der Waals surface area contributed by atoms with Crippen LogP contribution in [0.1, 0.15) is 45.9 Å². The van der Waals surface area contributed by atoms with Gasteiger partial charge in [-0.25, -0.2) is 0 Å². The summed E-state index contributed by atoms with van der Waals surface area (Å²) in [6.45, 7) is 9.52. The van der Waals surface area contributed by atoms with Crippen LogP contribution < -0.4 is 5.32 Å². The number of hydrogen-bond donors (Lipinski definition) is 2. The zero-order chi connectivity index (χ0) is 13.1. The van der Waals surface area contributed by atoms with Crippen molar-refractivity contribution in [2.45, 2.75) is 45.8 Å².